The van der Waals surface area contributed by atoms with Gasteiger partial charge in [0.15, 0.2) is 0 Å². The minimum Gasteiger partial charge on any atom is -0.378 e. The number of nitrogens with one attached hydrogen (secondary N) is 1. The normalized spacial score (nSPS) is 44.4. The maximum absolute atomic E-state index is 13.5. The highest BCUT2D eigenvalue weighted by atomic mass is 35.5. The van der Waals surface area contributed by atoms with E-state index in [1.165, 1.54) is 11.3 Å². The van der Waals surface area contributed by atoms with Crippen LogP contribution in [0.2, 0.25) is 0 Å². The van der Waals surface area contributed by atoms with Gasteiger partial charge >= 0.3 is 0 Å². The summed E-state index contributed by atoms with van der Waals surface area (Å²) in [5, 5.41) is 12.6. The Kier molecular flexibility index (Phi) is 5.04. The van der Waals surface area contributed by atoms with E-state index in [-0.39, 0.29) is 49.0 Å². The second-order valence-corrected chi connectivity index (χ2v) is 8.51. The fourth-order valence-electron chi connectivity index (χ4n) is 6.17. The van der Waals surface area contributed by atoms with E-state index in [2.05, 4.69) is 11.4 Å². The molecule has 0 aromatic heterocycles. The molecule has 4 aliphatic carbocycles. The first-order valence-electron chi connectivity index (χ1n) is 9.10. The molecule has 0 radical (unpaired) electrons. The molecule has 1 aliphatic heterocycles. The van der Waals surface area contributed by atoms with Gasteiger partial charge < -0.3 is 15.0 Å². The highest BCUT2D eigenvalue weighted by Crippen LogP contribution is 2.58. The van der Waals surface area contributed by atoms with Crippen LogP contribution >= 0.6 is 12.4 Å². The number of hydrogen-bond donors (Lipinski definition) is 1. The highest BCUT2D eigenvalue weighted by molar-refractivity contribution is 5.85. The standard InChI is InChI=1S/C18H26FN3O2.ClH/c1-24-18-6-12-2-13(7-18)5-17(4-12,11-18)21-9-16(23)22-10-14(19)3-15(22)8-20;/h12-15,21H,2-7,9-11H2,1H3;1H/t12-,13-,14-,15-,17?,18?;/m0./s1. The molecule has 0 unspecified atom stereocenters. The summed E-state index contributed by atoms with van der Waals surface area (Å²) in [6.07, 6.45) is 5.82. The summed E-state index contributed by atoms with van der Waals surface area (Å²) in [5.41, 5.74) is -0.0419. The lowest BCUT2D eigenvalue weighted by Crippen LogP contribution is -2.66. The molecule has 25 heavy (non-hydrogen) atoms. The van der Waals surface area contributed by atoms with Crippen LogP contribution < -0.4 is 5.32 Å². The fourth-order valence-corrected chi connectivity index (χ4v) is 6.17. The fraction of sp³-hybridized carbons (Fsp3) is 0.889. The van der Waals surface area contributed by atoms with Crippen LogP contribution in [0.1, 0.15) is 44.9 Å². The van der Waals surface area contributed by atoms with E-state index in [4.69, 9.17) is 10.00 Å². The molecule has 0 spiro atoms. The Morgan fingerprint density at radius 2 is 2.00 bits per heavy atom. The summed E-state index contributed by atoms with van der Waals surface area (Å²) in [7, 11) is 1.81. The number of nitriles is 1. The minimum absolute atomic E-state index is 0. The van der Waals surface area contributed by atoms with Gasteiger partial charge in [-0.3, -0.25) is 4.79 Å². The second-order valence-electron chi connectivity index (χ2n) is 8.51. The summed E-state index contributed by atoms with van der Waals surface area (Å²) >= 11 is 0. The van der Waals surface area contributed by atoms with Crippen molar-refractivity contribution in [2.24, 2.45) is 11.8 Å². The van der Waals surface area contributed by atoms with Gasteiger partial charge in [0.25, 0.3) is 0 Å². The molecule has 4 saturated carbocycles. The van der Waals surface area contributed by atoms with Gasteiger partial charge in [0.05, 0.1) is 24.8 Å². The van der Waals surface area contributed by atoms with E-state index < -0.39 is 12.2 Å². The monoisotopic (exact) mass is 371 g/mol. The Morgan fingerprint density at radius 3 is 2.60 bits per heavy atom. The summed E-state index contributed by atoms with van der Waals surface area (Å²) in [5.74, 6) is 1.22. The predicted molar refractivity (Wildman–Crippen MR) is 93.0 cm³/mol. The average molecular weight is 372 g/mol. The summed E-state index contributed by atoms with van der Waals surface area (Å²) in [6, 6.07) is 1.44. The first kappa shape index (κ1) is 18.9. The lowest BCUT2D eigenvalue weighted by molar-refractivity contribution is -0.162. The Balaban J connectivity index is 0.00000182. The molecule has 0 aromatic carbocycles. The van der Waals surface area contributed by atoms with Crippen molar-refractivity contribution in [1.29, 1.82) is 5.26 Å². The number of likely N-dealkylation sites (tertiary alicyclic amines) is 1. The number of carbonyl (C=O) groups is 1. The molecule has 5 nitrogen and oxygen atoms in total. The van der Waals surface area contributed by atoms with Crippen LogP contribution in [0.4, 0.5) is 4.39 Å². The van der Waals surface area contributed by atoms with E-state index >= 15 is 0 Å². The Bertz CT molecular complexity index is 567. The summed E-state index contributed by atoms with van der Waals surface area (Å²) in [4.78, 5) is 13.9. The van der Waals surface area contributed by atoms with Crippen molar-refractivity contribution in [3.63, 3.8) is 0 Å². The van der Waals surface area contributed by atoms with Crippen LogP contribution in [0.3, 0.4) is 0 Å². The third-order valence-corrected chi connectivity index (χ3v) is 6.77. The van der Waals surface area contributed by atoms with Crippen molar-refractivity contribution < 1.29 is 13.9 Å². The lowest BCUT2D eigenvalue weighted by atomic mass is 9.51. The van der Waals surface area contributed by atoms with Gasteiger partial charge in [-0.2, -0.15) is 5.26 Å². The van der Waals surface area contributed by atoms with E-state index in [1.807, 2.05) is 7.11 Å². The van der Waals surface area contributed by atoms with Crippen molar-refractivity contribution in [1.82, 2.24) is 10.2 Å². The number of alkyl halides is 1. The number of carbonyl (C=O) groups excluding carboxylic acids is 1. The van der Waals surface area contributed by atoms with Crippen LogP contribution in [-0.2, 0) is 9.53 Å². The number of rotatable bonds is 4. The number of methoxy groups -OCH3 is 1. The SMILES string of the molecule is COC12C[C@H]3C[C@@H](CC(NCC(=O)N4C[C@@H](F)C[C@H]4C#N)(C3)C1)C2.Cl. The van der Waals surface area contributed by atoms with Gasteiger partial charge in [0.2, 0.25) is 5.91 Å². The molecule has 1 N–H and O–H groups in total. The van der Waals surface area contributed by atoms with Crippen molar-refractivity contribution in [3.8, 4) is 6.07 Å². The second kappa shape index (κ2) is 6.68. The number of halogens is 2. The Morgan fingerprint density at radius 1 is 1.32 bits per heavy atom. The minimum atomic E-state index is -1.07. The van der Waals surface area contributed by atoms with Crippen LogP contribution in [0.15, 0.2) is 0 Å². The van der Waals surface area contributed by atoms with Crippen molar-refractivity contribution in [3.05, 3.63) is 0 Å². The number of hydrogen-bond acceptors (Lipinski definition) is 4. The molecule has 1 heterocycles. The third kappa shape index (κ3) is 3.27. The lowest BCUT2D eigenvalue weighted by Gasteiger charge is -2.61. The molecule has 1 saturated heterocycles. The number of nitrogens with zero attached hydrogens (tertiary/aromatic N) is 2. The molecule has 140 valence electrons. The van der Waals surface area contributed by atoms with Crippen molar-refractivity contribution in [2.75, 3.05) is 20.2 Å². The third-order valence-electron chi connectivity index (χ3n) is 6.77. The van der Waals surface area contributed by atoms with Gasteiger partial charge in [-0.05, 0) is 50.4 Å². The zero-order chi connectivity index (χ0) is 16.9. The highest BCUT2D eigenvalue weighted by Gasteiger charge is 2.58. The van der Waals surface area contributed by atoms with Crippen LogP contribution in [0.25, 0.3) is 0 Å². The largest absolute Gasteiger partial charge is 0.378 e. The Hall–Kier alpha value is -0.900. The molecular formula is C18H27ClFN3O2. The van der Waals surface area contributed by atoms with E-state index in [9.17, 15) is 9.18 Å². The topological polar surface area (TPSA) is 65.4 Å². The van der Waals surface area contributed by atoms with Gasteiger partial charge in [0, 0.05) is 19.1 Å². The number of ether oxygens (including phenoxy) is 1. The molecule has 4 bridgehead atoms. The molecule has 5 rings (SSSR count). The summed E-state index contributed by atoms with van der Waals surface area (Å²) < 4.78 is 19.4. The maximum atomic E-state index is 13.5. The first-order valence-corrected chi connectivity index (χ1v) is 9.10. The molecule has 5 aliphatic rings. The molecule has 1 amide bonds. The first-order chi connectivity index (χ1) is 11.5. The predicted octanol–water partition coefficient (Wildman–Crippen LogP) is 2.20. The van der Waals surface area contributed by atoms with E-state index in [0.29, 0.717) is 11.8 Å². The maximum Gasteiger partial charge on any atom is 0.237 e. The van der Waals surface area contributed by atoms with Crippen LogP contribution in [0.5, 0.6) is 0 Å². The zero-order valence-corrected chi connectivity index (χ0v) is 15.5. The van der Waals surface area contributed by atoms with Crippen LogP contribution in [-0.4, -0.2) is 54.4 Å². The average Bonchev–Trinajstić information content (AvgIpc) is 2.92. The molecule has 4 atom stereocenters. The van der Waals surface area contributed by atoms with Gasteiger partial charge in [-0.25, -0.2) is 4.39 Å². The summed E-state index contributed by atoms with van der Waals surface area (Å²) in [6.45, 7) is 0.253. The van der Waals surface area contributed by atoms with Crippen LogP contribution in [0, 0.1) is 23.2 Å². The van der Waals surface area contributed by atoms with Gasteiger partial charge in [-0.15, -0.1) is 12.4 Å². The molecule has 7 heteroatoms. The quantitative estimate of drug-likeness (QED) is 0.822. The van der Waals surface area contributed by atoms with E-state index in [0.717, 1.165) is 32.1 Å². The van der Waals surface area contributed by atoms with Crippen molar-refractivity contribution in [2.45, 2.75) is 68.3 Å². The van der Waals surface area contributed by atoms with E-state index in [1.54, 1.807) is 0 Å². The molecule has 0 aromatic rings. The molecular weight excluding hydrogens is 345 g/mol. The van der Waals surface area contributed by atoms with Gasteiger partial charge in [0.1, 0.15) is 12.2 Å². The molecule has 5 fully saturated rings. The van der Waals surface area contributed by atoms with Gasteiger partial charge in [-0.1, -0.05) is 0 Å². The smallest absolute Gasteiger partial charge is 0.237 e. The number of amides is 1. The van der Waals surface area contributed by atoms with Crippen molar-refractivity contribution >= 4 is 18.3 Å². The zero-order valence-electron chi connectivity index (χ0n) is 14.7. The Labute approximate surface area is 154 Å².